The maximum absolute atomic E-state index is 6.04. The van der Waals surface area contributed by atoms with E-state index in [0.717, 1.165) is 0 Å². The highest BCUT2D eigenvalue weighted by atomic mass is 16.5. The third kappa shape index (κ3) is 4.65. The average Bonchev–Trinajstić information content (AvgIpc) is 2.01. The Hall–Kier alpha value is -0.560. The Kier molecular flexibility index (Phi) is 4.79. The van der Waals surface area contributed by atoms with Crippen molar-refractivity contribution in [2.24, 2.45) is 10.8 Å². The van der Waals surface area contributed by atoms with Crippen molar-refractivity contribution in [1.82, 2.24) is 0 Å². The minimum absolute atomic E-state index is 0.0553. The molecule has 0 amide bonds. The molecular weight excluding hydrogens is 184 g/mol. The van der Waals surface area contributed by atoms with Crippen LogP contribution in [0.5, 0.6) is 0 Å². The van der Waals surface area contributed by atoms with E-state index in [9.17, 15) is 0 Å². The van der Waals surface area contributed by atoms with E-state index in [-0.39, 0.29) is 23.0 Å². The third-order valence-corrected chi connectivity index (χ3v) is 2.43. The molecule has 1 heteroatoms. The lowest BCUT2D eigenvalue weighted by Crippen LogP contribution is -2.36. The van der Waals surface area contributed by atoms with Crippen LogP contribution in [0, 0.1) is 10.8 Å². The molecule has 0 saturated heterocycles. The van der Waals surface area contributed by atoms with Gasteiger partial charge in [-0.2, -0.15) is 0 Å². The molecular formula is C14H26O. The predicted molar refractivity (Wildman–Crippen MR) is 68.0 cm³/mol. The molecule has 0 aromatic carbocycles. The quantitative estimate of drug-likeness (QED) is 0.632. The predicted octanol–water partition coefficient (Wildman–Crippen LogP) is 4.20. The van der Waals surface area contributed by atoms with E-state index in [2.05, 4.69) is 54.7 Å². The highest BCUT2D eigenvalue weighted by Crippen LogP contribution is 2.30. The minimum atomic E-state index is 0.0553. The second-order valence-electron chi connectivity index (χ2n) is 6.18. The van der Waals surface area contributed by atoms with Gasteiger partial charge in [0.25, 0.3) is 0 Å². The zero-order valence-corrected chi connectivity index (χ0v) is 11.1. The summed E-state index contributed by atoms with van der Waals surface area (Å²) in [5.74, 6) is 0. The molecule has 0 aliphatic rings. The summed E-state index contributed by atoms with van der Waals surface area (Å²) in [5.41, 5.74) is 0.155. The second-order valence-corrected chi connectivity index (χ2v) is 6.18. The van der Waals surface area contributed by atoms with Crippen LogP contribution in [-0.4, -0.2) is 12.2 Å². The van der Waals surface area contributed by atoms with Crippen LogP contribution >= 0.6 is 0 Å². The van der Waals surface area contributed by atoms with Crippen molar-refractivity contribution in [3.63, 3.8) is 0 Å². The molecule has 0 bridgehead atoms. The Morgan fingerprint density at radius 1 is 0.800 bits per heavy atom. The van der Waals surface area contributed by atoms with Gasteiger partial charge in [0.1, 0.15) is 0 Å². The van der Waals surface area contributed by atoms with Crippen LogP contribution in [0.2, 0.25) is 0 Å². The fraction of sp³-hybridized carbons (Fsp3) is 0.714. The first-order valence-corrected chi connectivity index (χ1v) is 5.53. The number of hydrogen-bond donors (Lipinski definition) is 0. The van der Waals surface area contributed by atoms with Gasteiger partial charge < -0.3 is 4.74 Å². The van der Waals surface area contributed by atoms with Gasteiger partial charge >= 0.3 is 0 Å². The van der Waals surface area contributed by atoms with E-state index in [1.165, 1.54) is 0 Å². The van der Waals surface area contributed by atoms with Crippen molar-refractivity contribution in [2.45, 2.75) is 53.8 Å². The largest absolute Gasteiger partial charge is 0.366 e. The van der Waals surface area contributed by atoms with Gasteiger partial charge in [-0.05, 0) is 10.8 Å². The van der Waals surface area contributed by atoms with E-state index in [4.69, 9.17) is 4.74 Å². The summed E-state index contributed by atoms with van der Waals surface area (Å²) >= 11 is 0. The molecule has 15 heavy (non-hydrogen) atoms. The molecule has 88 valence electrons. The minimum Gasteiger partial charge on any atom is -0.366 e. The molecule has 0 aromatic rings. The molecule has 0 rings (SSSR count). The summed E-state index contributed by atoms with van der Waals surface area (Å²) in [7, 11) is 0. The highest BCUT2D eigenvalue weighted by molar-refractivity contribution is 4.96. The summed E-state index contributed by atoms with van der Waals surface area (Å²) in [6, 6.07) is 0. The maximum Gasteiger partial charge on any atom is 0.0809 e. The number of rotatable bonds is 4. The van der Waals surface area contributed by atoms with Crippen molar-refractivity contribution < 1.29 is 4.74 Å². The fourth-order valence-electron chi connectivity index (χ4n) is 1.38. The van der Waals surface area contributed by atoms with Crippen LogP contribution in [0.15, 0.2) is 25.3 Å². The Labute approximate surface area is 95.2 Å². The van der Waals surface area contributed by atoms with Crippen molar-refractivity contribution in [2.75, 3.05) is 0 Å². The SMILES string of the molecule is C=CC(OC(C=C)C(C)(C)C)C(C)(C)C. The molecule has 0 spiro atoms. The first-order chi connectivity index (χ1) is 6.62. The summed E-state index contributed by atoms with van der Waals surface area (Å²) in [5, 5.41) is 0. The lowest BCUT2D eigenvalue weighted by Gasteiger charge is -2.36. The average molecular weight is 210 g/mol. The molecule has 1 nitrogen and oxygen atoms in total. The zero-order chi connectivity index (χ0) is 12.3. The first kappa shape index (κ1) is 14.4. The van der Waals surface area contributed by atoms with Crippen molar-refractivity contribution in [1.29, 1.82) is 0 Å². The van der Waals surface area contributed by atoms with Crippen LogP contribution in [0.1, 0.15) is 41.5 Å². The van der Waals surface area contributed by atoms with Gasteiger partial charge in [-0.25, -0.2) is 0 Å². The van der Waals surface area contributed by atoms with Crippen LogP contribution in [-0.2, 0) is 4.74 Å². The van der Waals surface area contributed by atoms with E-state index in [1.54, 1.807) is 0 Å². The lowest BCUT2D eigenvalue weighted by atomic mass is 9.86. The molecule has 0 radical (unpaired) electrons. The first-order valence-electron chi connectivity index (χ1n) is 5.53. The molecule has 2 atom stereocenters. The van der Waals surface area contributed by atoms with Crippen molar-refractivity contribution in [3.05, 3.63) is 25.3 Å². The van der Waals surface area contributed by atoms with Crippen molar-refractivity contribution >= 4 is 0 Å². The molecule has 0 N–H and O–H groups in total. The van der Waals surface area contributed by atoms with Crippen molar-refractivity contribution in [3.8, 4) is 0 Å². The van der Waals surface area contributed by atoms with E-state index >= 15 is 0 Å². The smallest absolute Gasteiger partial charge is 0.0809 e. The van der Waals surface area contributed by atoms with Gasteiger partial charge in [0, 0.05) is 0 Å². The van der Waals surface area contributed by atoms with E-state index in [0.29, 0.717) is 0 Å². The topological polar surface area (TPSA) is 9.23 Å². The normalized spacial score (nSPS) is 16.9. The Morgan fingerprint density at radius 3 is 1.20 bits per heavy atom. The molecule has 0 saturated carbocycles. The molecule has 0 fully saturated rings. The molecule has 0 heterocycles. The fourth-order valence-corrected chi connectivity index (χ4v) is 1.38. The Balaban J connectivity index is 4.67. The van der Waals surface area contributed by atoms with Crippen LogP contribution in [0.4, 0.5) is 0 Å². The molecule has 0 aliphatic carbocycles. The Bertz CT molecular complexity index is 190. The van der Waals surface area contributed by atoms with E-state index in [1.807, 2.05) is 12.2 Å². The second kappa shape index (κ2) is 4.98. The van der Waals surface area contributed by atoms with Crippen LogP contribution < -0.4 is 0 Å². The third-order valence-electron chi connectivity index (χ3n) is 2.43. The summed E-state index contributed by atoms with van der Waals surface area (Å²) in [4.78, 5) is 0. The van der Waals surface area contributed by atoms with Gasteiger partial charge in [-0.1, -0.05) is 53.7 Å². The lowest BCUT2D eigenvalue weighted by molar-refractivity contribution is -0.0599. The van der Waals surface area contributed by atoms with Gasteiger partial charge in [0.15, 0.2) is 0 Å². The summed E-state index contributed by atoms with van der Waals surface area (Å²) in [6.45, 7) is 20.6. The highest BCUT2D eigenvalue weighted by Gasteiger charge is 2.30. The molecule has 0 aliphatic heterocycles. The standard InChI is InChI=1S/C14H26O/c1-9-11(13(3,4)5)15-12(10-2)14(6,7)8/h9-12H,1-2H2,3-8H3. The van der Waals surface area contributed by atoms with Gasteiger partial charge in [0.2, 0.25) is 0 Å². The Morgan fingerprint density at radius 2 is 1.07 bits per heavy atom. The zero-order valence-electron chi connectivity index (χ0n) is 11.1. The summed E-state index contributed by atoms with van der Waals surface area (Å²) < 4.78 is 6.04. The maximum atomic E-state index is 6.04. The number of hydrogen-bond acceptors (Lipinski definition) is 1. The van der Waals surface area contributed by atoms with Crippen LogP contribution in [0.3, 0.4) is 0 Å². The van der Waals surface area contributed by atoms with Gasteiger partial charge in [-0.15, -0.1) is 13.2 Å². The molecule has 0 aromatic heterocycles. The van der Waals surface area contributed by atoms with Crippen LogP contribution in [0.25, 0.3) is 0 Å². The van der Waals surface area contributed by atoms with Gasteiger partial charge in [0.05, 0.1) is 12.2 Å². The summed E-state index contributed by atoms with van der Waals surface area (Å²) in [6.07, 6.45) is 3.87. The number of ether oxygens (including phenoxy) is 1. The molecule has 2 unspecified atom stereocenters. The monoisotopic (exact) mass is 210 g/mol. The van der Waals surface area contributed by atoms with E-state index < -0.39 is 0 Å². The van der Waals surface area contributed by atoms with Gasteiger partial charge in [-0.3, -0.25) is 0 Å².